The summed E-state index contributed by atoms with van der Waals surface area (Å²) in [6.07, 6.45) is 1.55. The molecule has 0 aliphatic heterocycles. The molecule has 0 saturated heterocycles. The van der Waals surface area contributed by atoms with E-state index in [1.54, 1.807) is 16.8 Å². The van der Waals surface area contributed by atoms with Gasteiger partial charge in [-0.2, -0.15) is 0 Å². The number of aromatic nitrogens is 3. The third kappa shape index (κ3) is 5.90. The molecule has 0 atom stereocenters. The molecular weight excluding hydrogens is 521 g/mol. The lowest BCUT2D eigenvalue weighted by molar-refractivity contribution is 0.0991. The van der Waals surface area contributed by atoms with Gasteiger partial charge in [-0.3, -0.25) is 4.79 Å². The monoisotopic (exact) mass is 545 g/mol. The number of hydrogen-bond acceptors (Lipinski definition) is 5. The van der Waals surface area contributed by atoms with Crippen molar-refractivity contribution in [3.63, 3.8) is 0 Å². The number of sulfone groups is 1. The number of halogens is 2. The molecule has 36 heavy (non-hydrogen) atoms. The third-order valence-corrected chi connectivity index (χ3v) is 7.74. The number of pyridine rings is 1. The molecule has 0 fully saturated rings. The van der Waals surface area contributed by atoms with Crippen LogP contribution in [-0.4, -0.2) is 23.0 Å². The first-order valence-electron chi connectivity index (χ1n) is 11.2. The average Bonchev–Trinajstić information content (AvgIpc) is 3.20. The summed E-state index contributed by atoms with van der Waals surface area (Å²) in [5, 5.41) is 0.468. The fourth-order valence-corrected chi connectivity index (χ4v) is 6.25. The van der Waals surface area contributed by atoms with E-state index in [0.29, 0.717) is 23.7 Å². The first kappa shape index (κ1) is 26.2. The van der Waals surface area contributed by atoms with Crippen molar-refractivity contribution in [2.24, 2.45) is 0 Å². The summed E-state index contributed by atoms with van der Waals surface area (Å²) in [5.74, 6) is 0.252. The lowest BCUT2D eigenvalue weighted by Crippen LogP contribution is -2.16. The minimum absolute atomic E-state index is 0.0266. The van der Waals surface area contributed by atoms with E-state index >= 15 is 0 Å². The molecule has 2 aromatic heterocycles. The Labute approximate surface area is 219 Å². The lowest BCUT2D eigenvalue weighted by Gasteiger charge is -2.15. The van der Waals surface area contributed by atoms with Crippen LogP contribution < -0.4 is 5.56 Å². The molecule has 10 heteroatoms. The zero-order valence-corrected chi connectivity index (χ0v) is 22.1. The molecule has 0 amide bonds. The van der Waals surface area contributed by atoms with Gasteiger partial charge in [0.25, 0.3) is 0 Å². The highest BCUT2D eigenvalue weighted by atomic mass is 35.5. The van der Waals surface area contributed by atoms with E-state index in [1.807, 2.05) is 44.2 Å². The number of ether oxygens (including phenoxy) is 1. The SMILES string of the molecule is CC(C)c1nc(COCc2ccccc2)n(Cc2ccc(=O)[nH]c2)c1S(=O)(=O)c1cc(Cl)cc(Cl)c1. The van der Waals surface area contributed by atoms with Crippen molar-refractivity contribution in [1.29, 1.82) is 0 Å². The van der Waals surface area contributed by atoms with Crippen LogP contribution in [0.2, 0.25) is 10.0 Å². The number of rotatable bonds is 9. The quantitative estimate of drug-likeness (QED) is 0.295. The highest BCUT2D eigenvalue weighted by Gasteiger charge is 2.31. The Morgan fingerprint density at radius 3 is 2.28 bits per heavy atom. The van der Waals surface area contributed by atoms with Crippen LogP contribution in [0.25, 0.3) is 0 Å². The van der Waals surface area contributed by atoms with Gasteiger partial charge in [-0.15, -0.1) is 0 Å². The van der Waals surface area contributed by atoms with E-state index in [2.05, 4.69) is 4.98 Å². The van der Waals surface area contributed by atoms with Crippen LogP contribution in [0.3, 0.4) is 0 Å². The Hall–Kier alpha value is -2.91. The molecule has 188 valence electrons. The predicted molar refractivity (Wildman–Crippen MR) is 139 cm³/mol. The maximum atomic E-state index is 14.0. The van der Waals surface area contributed by atoms with Crippen LogP contribution in [-0.2, 0) is 34.3 Å². The normalized spacial score (nSPS) is 11.8. The van der Waals surface area contributed by atoms with E-state index in [9.17, 15) is 13.2 Å². The average molecular weight is 546 g/mol. The van der Waals surface area contributed by atoms with Gasteiger partial charge in [0.05, 0.1) is 23.7 Å². The van der Waals surface area contributed by atoms with Crippen molar-refractivity contribution in [2.75, 3.05) is 0 Å². The summed E-state index contributed by atoms with van der Waals surface area (Å²) in [5.41, 5.74) is 1.85. The van der Waals surface area contributed by atoms with Gasteiger partial charge in [0.15, 0.2) is 5.03 Å². The first-order chi connectivity index (χ1) is 17.1. The Balaban J connectivity index is 1.82. The van der Waals surface area contributed by atoms with Crippen molar-refractivity contribution >= 4 is 33.0 Å². The number of hydrogen-bond donors (Lipinski definition) is 1. The first-order valence-corrected chi connectivity index (χ1v) is 13.5. The van der Waals surface area contributed by atoms with E-state index in [0.717, 1.165) is 5.56 Å². The van der Waals surface area contributed by atoms with Crippen LogP contribution >= 0.6 is 23.2 Å². The van der Waals surface area contributed by atoms with E-state index < -0.39 is 9.84 Å². The molecule has 0 radical (unpaired) electrons. The summed E-state index contributed by atoms with van der Waals surface area (Å²) in [6.45, 7) is 4.35. The van der Waals surface area contributed by atoms with E-state index in [4.69, 9.17) is 32.9 Å². The Bertz CT molecular complexity index is 1490. The minimum atomic E-state index is -4.07. The van der Waals surface area contributed by atoms with E-state index in [1.165, 1.54) is 24.3 Å². The molecular formula is C26H25Cl2N3O4S. The lowest BCUT2D eigenvalue weighted by atomic mass is 10.1. The number of imidazole rings is 1. The second-order valence-corrected chi connectivity index (χ2v) is 11.3. The molecule has 0 unspecified atom stereocenters. The molecule has 4 rings (SSSR count). The summed E-state index contributed by atoms with van der Waals surface area (Å²) in [6, 6.07) is 16.9. The number of nitrogens with zero attached hydrogens (tertiary/aromatic N) is 2. The summed E-state index contributed by atoms with van der Waals surface area (Å²) < 4.78 is 35.5. The molecule has 4 aromatic rings. The van der Waals surface area contributed by atoms with Gasteiger partial charge in [-0.05, 0) is 35.2 Å². The van der Waals surface area contributed by atoms with Gasteiger partial charge in [-0.25, -0.2) is 13.4 Å². The van der Waals surface area contributed by atoms with Gasteiger partial charge in [0, 0.05) is 22.3 Å². The van der Waals surface area contributed by atoms with Gasteiger partial charge < -0.3 is 14.3 Å². The van der Waals surface area contributed by atoms with Gasteiger partial charge in [0.2, 0.25) is 15.4 Å². The van der Waals surface area contributed by atoms with Gasteiger partial charge in [-0.1, -0.05) is 73.4 Å². The number of nitrogens with one attached hydrogen (secondary N) is 1. The molecule has 0 bridgehead atoms. The highest BCUT2D eigenvalue weighted by Crippen LogP contribution is 2.33. The van der Waals surface area contributed by atoms with Crippen LogP contribution in [0.5, 0.6) is 0 Å². The van der Waals surface area contributed by atoms with Crippen LogP contribution in [0, 0.1) is 0 Å². The second-order valence-electron chi connectivity index (χ2n) is 8.61. The maximum absolute atomic E-state index is 14.0. The molecule has 2 heterocycles. The molecule has 0 aliphatic carbocycles. The third-order valence-electron chi connectivity index (χ3n) is 5.51. The van der Waals surface area contributed by atoms with Gasteiger partial charge >= 0.3 is 0 Å². The van der Waals surface area contributed by atoms with E-state index in [-0.39, 0.29) is 44.6 Å². The zero-order chi connectivity index (χ0) is 25.9. The Kier molecular flexibility index (Phi) is 8.00. The zero-order valence-electron chi connectivity index (χ0n) is 19.7. The van der Waals surface area contributed by atoms with Crippen molar-refractivity contribution in [3.05, 3.63) is 110 Å². The molecule has 7 nitrogen and oxygen atoms in total. The largest absolute Gasteiger partial charge is 0.369 e. The van der Waals surface area contributed by atoms with Crippen molar-refractivity contribution in [3.8, 4) is 0 Å². The highest BCUT2D eigenvalue weighted by molar-refractivity contribution is 7.91. The standard InChI is InChI=1S/C26H25Cl2N3O4S/c1-17(2)25-26(36(33,34)22-11-20(27)10-21(28)12-22)31(14-19-8-9-24(32)29-13-19)23(30-25)16-35-15-18-6-4-3-5-7-18/h3-13,17H,14-16H2,1-2H3,(H,29,32). The topological polar surface area (TPSA) is 94.1 Å². The maximum Gasteiger partial charge on any atom is 0.247 e. The fraction of sp³-hybridized carbons (Fsp3) is 0.231. The smallest absolute Gasteiger partial charge is 0.247 e. The number of aromatic amines is 1. The summed E-state index contributed by atoms with van der Waals surface area (Å²) in [4.78, 5) is 18.9. The molecule has 0 aliphatic rings. The molecule has 1 N–H and O–H groups in total. The van der Waals surface area contributed by atoms with Crippen molar-refractivity contribution < 1.29 is 13.2 Å². The predicted octanol–water partition coefficient (Wildman–Crippen LogP) is 5.60. The Morgan fingerprint density at radius 1 is 0.972 bits per heavy atom. The van der Waals surface area contributed by atoms with Crippen LogP contribution in [0.4, 0.5) is 0 Å². The fourth-order valence-electron chi connectivity index (χ4n) is 3.79. The molecule has 0 spiro atoms. The number of benzene rings is 2. The summed E-state index contributed by atoms with van der Waals surface area (Å²) >= 11 is 12.3. The van der Waals surface area contributed by atoms with Crippen molar-refractivity contribution in [1.82, 2.24) is 14.5 Å². The Morgan fingerprint density at radius 2 is 1.67 bits per heavy atom. The van der Waals surface area contributed by atoms with Crippen molar-refractivity contribution in [2.45, 2.75) is 49.4 Å². The molecule has 0 saturated carbocycles. The summed E-state index contributed by atoms with van der Waals surface area (Å²) in [7, 11) is -4.07. The number of H-pyrrole nitrogens is 1. The second kappa shape index (κ2) is 11.0. The molecule has 2 aromatic carbocycles. The van der Waals surface area contributed by atoms with Crippen LogP contribution in [0.15, 0.2) is 81.6 Å². The van der Waals surface area contributed by atoms with Gasteiger partial charge in [0.1, 0.15) is 12.4 Å². The minimum Gasteiger partial charge on any atom is -0.369 e. The van der Waals surface area contributed by atoms with Crippen LogP contribution in [0.1, 0.15) is 42.4 Å².